The topological polar surface area (TPSA) is 40.2 Å². The normalized spacial score (nSPS) is 15.1. The third kappa shape index (κ3) is 8.44. The zero-order valence-electron chi connectivity index (χ0n) is 14.9. The number of nitrogens with zero attached hydrogens (tertiary/aromatic N) is 1. The Kier molecular flexibility index (Phi) is 12.9. The van der Waals surface area contributed by atoms with E-state index in [1.165, 1.54) is 0 Å². The van der Waals surface area contributed by atoms with Gasteiger partial charge in [-0.05, 0) is 43.6 Å². The fourth-order valence-electron chi connectivity index (χ4n) is 2.59. The monoisotopic (exact) mass is 337 g/mol. The Morgan fingerprint density at radius 3 is 1.33 bits per heavy atom. The molecule has 0 rings (SSSR count). The third-order valence-electron chi connectivity index (χ3n) is 4.11. The zero-order chi connectivity index (χ0) is 16.3. The van der Waals surface area contributed by atoms with Gasteiger partial charge in [-0.15, -0.1) is 0 Å². The molecule has 0 spiro atoms. The molecule has 5 nitrogen and oxygen atoms in total. The van der Waals surface area contributed by atoms with Gasteiger partial charge in [0.1, 0.15) is 0 Å². The minimum Gasteiger partial charge on any atom is -0.400 e. The van der Waals surface area contributed by atoms with Crippen LogP contribution in [0.5, 0.6) is 0 Å². The van der Waals surface area contributed by atoms with E-state index >= 15 is 0 Å². The van der Waals surface area contributed by atoms with Gasteiger partial charge in [0.25, 0.3) is 0 Å². The number of hydrogen-bond donors (Lipinski definition) is 0. The summed E-state index contributed by atoms with van der Waals surface area (Å²) < 4.78 is 21.8. The highest BCUT2D eigenvalue weighted by Gasteiger charge is 2.22. The van der Waals surface area contributed by atoms with Gasteiger partial charge in [0.2, 0.25) is 0 Å². The van der Waals surface area contributed by atoms with E-state index in [0.29, 0.717) is 11.1 Å². The summed E-state index contributed by atoms with van der Waals surface area (Å²) in [5.41, 5.74) is 1.07. The molecule has 0 aromatic carbocycles. The first-order valence-corrected chi connectivity index (χ1v) is 11.1. The van der Waals surface area contributed by atoms with Crippen molar-refractivity contribution in [1.82, 2.24) is 4.90 Å². The highest BCUT2D eigenvalue weighted by atomic mass is 28.3. The molecule has 2 atom stereocenters. The molecule has 21 heavy (non-hydrogen) atoms. The molecule has 0 bridgehead atoms. The van der Waals surface area contributed by atoms with Gasteiger partial charge in [0.05, 0.1) is 0 Å². The second-order valence-electron chi connectivity index (χ2n) is 5.65. The van der Waals surface area contributed by atoms with Crippen LogP contribution in [0, 0.1) is 0 Å². The van der Waals surface area contributed by atoms with Gasteiger partial charge in [-0.3, -0.25) is 0 Å². The lowest BCUT2D eigenvalue weighted by atomic mass is 10.2. The first-order chi connectivity index (χ1) is 10.0. The second-order valence-corrected chi connectivity index (χ2v) is 11.3. The Morgan fingerprint density at radius 2 is 1.10 bits per heavy atom. The van der Waals surface area contributed by atoms with Crippen LogP contribution in [-0.2, 0) is 17.7 Å². The lowest BCUT2D eigenvalue weighted by Crippen LogP contribution is -2.32. The Balaban J connectivity index is 4.11. The van der Waals surface area contributed by atoms with E-state index in [0.717, 1.165) is 32.5 Å². The molecule has 0 aromatic rings. The van der Waals surface area contributed by atoms with Crippen LogP contribution in [0.15, 0.2) is 0 Å². The molecule has 128 valence electrons. The first kappa shape index (κ1) is 21.2. The number of rotatable bonds is 13. The minimum atomic E-state index is -1.48. The van der Waals surface area contributed by atoms with Gasteiger partial charge in [-0.1, -0.05) is 20.8 Å². The SMILES string of the molecule is CCN(CCC(C)[SiH](OC)OC)CCC(C)[SiH](OC)OC. The predicted molar refractivity (Wildman–Crippen MR) is 92.5 cm³/mol. The van der Waals surface area contributed by atoms with Crippen LogP contribution in [0.25, 0.3) is 0 Å². The average molecular weight is 338 g/mol. The van der Waals surface area contributed by atoms with Crippen molar-refractivity contribution in [3.05, 3.63) is 0 Å². The lowest BCUT2D eigenvalue weighted by molar-refractivity contribution is 0.237. The maximum atomic E-state index is 5.46. The number of hydrogen-bond acceptors (Lipinski definition) is 5. The first-order valence-electron chi connectivity index (χ1n) is 7.87. The highest BCUT2D eigenvalue weighted by molar-refractivity contribution is 6.46. The summed E-state index contributed by atoms with van der Waals surface area (Å²) in [6.45, 7) is 9.98. The average Bonchev–Trinajstić information content (AvgIpc) is 2.49. The van der Waals surface area contributed by atoms with Crippen molar-refractivity contribution in [2.24, 2.45) is 0 Å². The van der Waals surface area contributed by atoms with Crippen molar-refractivity contribution in [3.63, 3.8) is 0 Å². The summed E-state index contributed by atoms with van der Waals surface area (Å²) >= 11 is 0. The van der Waals surface area contributed by atoms with Crippen molar-refractivity contribution >= 4 is 18.6 Å². The molecule has 0 fully saturated rings. The molecule has 0 aliphatic carbocycles. The molecule has 0 heterocycles. The van der Waals surface area contributed by atoms with Crippen LogP contribution >= 0.6 is 0 Å². The summed E-state index contributed by atoms with van der Waals surface area (Å²) in [7, 11) is 4.08. The molecular weight excluding hydrogens is 302 g/mol. The summed E-state index contributed by atoms with van der Waals surface area (Å²) in [4.78, 5) is 2.50. The summed E-state index contributed by atoms with van der Waals surface area (Å²) in [5.74, 6) is 0. The largest absolute Gasteiger partial charge is 0.400 e. The fraction of sp³-hybridized carbons (Fsp3) is 1.00. The van der Waals surface area contributed by atoms with Crippen molar-refractivity contribution < 1.29 is 17.7 Å². The van der Waals surface area contributed by atoms with E-state index in [9.17, 15) is 0 Å². The van der Waals surface area contributed by atoms with Gasteiger partial charge in [-0.25, -0.2) is 0 Å². The van der Waals surface area contributed by atoms with Gasteiger partial charge in [-0.2, -0.15) is 0 Å². The zero-order valence-corrected chi connectivity index (χ0v) is 17.2. The third-order valence-corrected chi connectivity index (χ3v) is 8.49. The van der Waals surface area contributed by atoms with Crippen LogP contribution in [0.1, 0.15) is 33.6 Å². The Hall–Kier alpha value is 0.234. The molecule has 7 heteroatoms. The standard InChI is InChI=1S/C14H35NO4Si2/c1-8-15(11-9-13(2)20(16-4)17-5)12-10-14(3)21(18-6)19-7/h13-14,20-21H,8-12H2,1-7H3. The summed E-state index contributed by atoms with van der Waals surface area (Å²) in [6.07, 6.45) is 2.27. The van der Waals surface area contributed by atoms with E-state index < -0.39 is 18.6 Å². The summed E-state index contributed by atoms with van der Waals surface area (Å²) in [5, 5.41) is 0. The summed E-state index contributed by atoms with van der Waals surface area (Å²) in [6, 6.07) is 0. The van der Waals surface area contributed by atoms with Crippen LogP contribution in [-0.4, -0.2) is 71.5 Å². The molecule has 0 radical (unpaired) electrons. The molecule has 0 saturated heterocycles. The van der Waals surface area contributed by atoms with E-state index in [1.807, 2.05) is 0 Å². The molecule has 0 aromatic heterocycles. The molecular formula is C14H35NO4Si2. The molecule has 0 amide bonds. The van der Waals surface area contributed by atoms with Crippen LogP contribution in [0.4, 0.5) is 0 Å². The molecule has 0 saturated carbocycles. The Bertz CT molecular complexity index is 219. The van der Waals surface area contributed by atoms with Crippen LogP contribution in [0.2, 0.25) is 11.1 Å². The van der Waals surface area contributed by atoms with Crippen molar-refractivity contribution in [2.45, 2.75) is 44.7 Å². The van der Waals surface area contributed by atoms with Gasteiger partial charge in [0.15, 0.2) is 0 Å². The fourth-order valence-corrected chi connectivity index (χ4v) is 5.68. The lowest BCUT2D eigenvalue weighted by Gasteiger charge is -2.26. The quantitative estimate of drug-likeness (QED) is 0.480. The maximum Gasteiger partial charge on any atom is 0.323 e. The minimum absolute atomic E-state index is 0.534. The molecule has 0 N–H and O–H groups in total. The van der Waals surface area contributed by atoms with Crippen molar-refractivity contribution in [1.29, 1.82) is 0 Å². The Labute approximate surface area is 134 Å². The van der Waals surface area contributed by atoms with Gasteiger partial charge >= 0.3 is 18.6 Å². The predicted octanol–water partition coefficient (Wildman–Crippen LogP) is 1.90. The smallest absolute Gasteiger partial charge is 0.323 e. The Morgan fingerprint density at radius 1 is 0.762 bits per heavy atom. The molecule has 0 aliphatic rings. The second kappa shape index (κ2) is 12.7. The van der Waals surface area contributed by atoms with E-state index in [1.54, 1.807) is 28.4 Å². The van der Waals surface area contributed by atoms with Crippen LogP contribution in [0.3, 0.4) is 0 Å². The van der Waals surface area contributed by atoms with E-state index in [4.69, 9.17) is 17.7 Å². The van der Waals surface area contributed by atoms with Crippen molar-refractivity contribution in [2.75, 3.05) is 48.1 Å². The molecule has 0 aliphatic heterocycles. The van der Waals surface area contributed by atoms with Gasteiger partial charge in [0, 0.05) is 28.4 Å². The maximum absolute atomic E-state index is 5.46. The highest BCUT2D eigenvalue weighted by Crippen LogP contribution is 2.19. The van der Waals surface area contributed by atoms with Gasteiger partial charge < -0.3 is 22.6 Å². The van der Waals surface area contributed by atoms with E-state index in [-0.39, 0.29) is 0 Å². The van der Waals surface area contributed by atoms with Crippen molar-refractivity contribution in [3.8, 4) is 0 Å². The van der Waals surface area contributed by atoms with E-state index in [2.05, 4.69) is 25.7 Å². The molecule has 2 unspecified atom stereocenters. The van der Waals surface area contributed by atoms with Crippen LogP contribution < -0.4 is 0 Å².